The summed E-state index contributed by atoms with van der Waals surface area (Å²) in [4.78, 5) is 15.9. The van der Waals surface area contributed by atoms with Crippen LogP contribution in [0.25, 0.3) is 109 Å². The molecular weight excluding hydrogens is 711 g/mol. The normalized spacial score (nSPS) is 11.5. The summed E-state index contributed by atoms with van der Waals surface area (Å²) in [5.41, 5.74) is 12.6. The van der Waals surface area contributed by atoms with Crippen molar-refractivity contribution in [2.24, 2.45) is 0 Å². The summed E-state index contributed by atoms with van der Waals surface area (Å²) in [6.07, 6.45) is 0. The zero-order valence-electron chi connectivity index (χ0n) is 30.8. The van der Waals surface area contributed by atoms with Gasteiger partial charge in [-0.3, -0.25) is 0 Å². The van der Waals surface area contributed by atoms with Gasteiger partial charge in [-0.1, -0.05) is 170 Å². The average Bonchev–Trinajstić information content (AvgIpc) is 3.69. The maximum atomic E-state index is 5.39. The number of hydrogen-bond acceptors (Lipinski definition) is 4. The predicted molar refractivity (Wildman–Crippen MR) is 240 cm³/mol. The van der Waals surface area contributed by atoms with E-state index in [0.29, 0.717) is 5.82 Å². The highest BCUT2D eigenvalue weighted by atomic mass is 32.1. The molecular formula is C53H33N3S. The summed E-state index contributed by atoms with van der Waals surface area (Å²) in [5, 5.41) is 6.02. The number of para-hydroxylation sites is 1. The monoisotopic (exact) mass is 743 g/mol. The van der Waals surface area contributed by atoms with Gasteiger partial charge in [0.15, 0.2) is 5.82 Å². The second-order valence-electron chi connectivity index (χ2n) is 14.3. The molecule has 266 valence electrons. The van der Waals surface area contributed by atoms with Crippen LogP contribution in [0.3, 0.4) is 0 Å². The Bertz CT molecular complexity index is 3180. The molecule has 0 saturated carbocycles. The zero-order valence-corrected chi connectivity index (χ0v) is 31.6. The number of nitrogens with zero attached hydrogens (tertiary/aromatic N) is 3. The largest absolute Gasteiger partial charge is 0.247 e. The summed E-state index contributed by atoms with van der Waals surface area (Å²) in [6.45, 7) is 0. The first-order chi connectivity index (χ1) is 28.2. The molecule has 3 nitrogen and oxygen atoms in total. The van der Waals surface area contributed by atoms with Crippen LogP contribution < -0.4 is 0 Å². The van der Waals surface area contributed by atoms with Gasteiger partial charge >= 0.3 is 0 Å². The first kappa shape index (κ1) is 33.1. The molecule has 0 aliphatic rings. The number of pyridine rings is 1. The van der Waals surface area contributed by atoms with E-state index in [2.05, 4.69) is 200 Å². The van der Waals surface area contributed by atoms with Crippen molar-refractivity contribution in [3.05, 3.63) is 200 Å². The third-order valence-corrected chi connectivity index (χ3v) is 12.1. The average molecular weight is 744 g/mol. The maximum Gasteiger partial charge on any atom is 0.160 e. The van der Waals surface area contributed by atoms with Crippen molar-refractivity contribution in [3.8, 4) is 67.4 Å². The van der Waals surface area contributed by atoms with Crippen LogP contribution in [0.15, 0.2) is 200 Å². The Morgan fingerprint density at radius 2 is 0.895 bits per heavy atom. The van der Waals surface area contributed by atoms with Gasteiger partial charge in [0, 0.05) is 58.6 Å². The highest BCUT2D eigenvalue weighted by molar-refractivity contribution is 7.26. The van der Waals surface area contributed by atoms with Crippen molar-refractivity contribution in [3.63, 3.8) is 0 Å². The Morgan fingerprint density at radius 1 is 0.333 bits per heavy atom. The van der Waals surface area contributed by atoms with Crippen LogP contribution in [0.5, 0.6) is 0 Å². The molecule has 11 rings (SSSR count). The molecule has 0 radical (unpaired) electrons. The van der Waals surface area contributed by atoms with E-state index >= 15 is 0 Å². The van der Waals surface area contributed by atoms with E-state index in [4.69, 9.17) is 15.0 Å². The topological polar surface area (TPSA) is 38.7 Å². The molecule has 0 fully saturated rings. The number of aromatic nitrogens is 3. The molecule has 11 aromatic rings. The quantitative estimate of drug-likeness (QED) is 0.159. The second kappa shape index (κ2) is 13.8. The smallest absolute Gasteiger partial charge is 0.160 e. The van der Waals surface area contributed by atoms with Gasteiger partial charge in [-0.2, -0.15) is 0 Å². The van der Waals surface area contributed by atoms with Crippen molar-refractivity contribution < 1.29 is 0 Å². The molecule has 0 aliphatic heterocycles. The van der Waals surface area contributed by atoms with Gasteiger partial charge in [-0.05, 0) is 52.6 Å². The fourth-order valence-corrected chi connectivity index (χ4v) is 9.40. The van der Waals surface area contributed by atoms with Crippen LogP contribution in [0, 0.1) is 0 Å². The summed E-state index contributed by atoms with van der Waals surface area (Å²) >= 11 is 1.83. The van der Waals surface area contributed by atoms with Crippen LogP contribution in [0.2, 0.25) is 0 Å². The van der Waals surface area contributed by atoms with Crippen LogP contribution in [-0.4, -0.2) is 15.0 Å². The fourth-order valence-electron chi connectivity index (χ4n) is 8.17. The first-order valence-electron chi connectivity index (χ1n) is 19.2. The van der Waals surface area contributed by atoms with Crippen molar-refractivity contribution in [2.45, 2.75) is 0 Å². The summed E-state index contributed by atoms with van der Waals surface area (Å²) in [6, 6.07) is 70.7. The molecule has 57 heavy (non-hydrogen) atoms. The zero-order chi connectivity index (χ0) is 37.7. The first-order valence-corrected chi connectivity index (χ1v) is 20.0. The molecule has 8 aromatic carbocycles. The molecule has 0 saturated heterocycles. The van der Waals surface area contributed by atoms with Crippen LogP contribution >= 0.6 is 11.3 Å². The third kappa shape index (κ3) is 5.86. The van der Waals surface area contributed by atoms with Crippen LogP contribution in [-0.2, 0) is 0 Å². The van der Waals surface area contributed by atoms with Gasteiger partial charge in [0.25, 0.3) is 0 Å². The van der Waals surface area contributed by atoms with Crippen molar-refractivity contribution >= 4 is 53.2 Å². The summed E-state index contributed by atoms with van der Waals surface area (Å²) in [7, 11) is 0. The number of thiophene rings is 1. The number of rotatable bonds is 6. The molecule has 0 atom stereocenters. The highest BCUT2D eigenvalue weighted by Crippen LogP contribution is 2.46. The molecule has 0 bridgehead atoms. The van der Waals surface area contributed by atoms with Gasteiger partial charge in [-0.15, -0.1) is 11.3 Å². The van der Waals surface area contributed by atoms with Crippen molar-refractivity contribution in [2.75, 3.05) is 0 Å². The molecule has 0 unspecified atom stereocenters. The SMILES string of the molecule is c1ccc(-c2cccc(-c3cc(-c4cccc5c4sc4ccc6c(-c7ccccc7)nc7ccccc7c6c45)nc(-c4cccc(-c5ccccc5)c4)n3)c2)cc1. The molecule has 3 aromatic heterocycles. The molecule has 4 heteroatoms. The van der Waals surface area contributed by atoms with E-state index in [0.717, 1.165) is 72.3 Å². The molecule has 0 amide bonds. The van der Waals surface area contributed by atoms with E-state index in [-0.39, 0.29) is 0 Å². The van der Waals surface area contributed by atoms with E-state index in [1.54, 1.807) is 0 Å². The lowest BCUT2D eigenvalue weighted by Gasteiger charge is -2.12. The third-order valence-electron chi connectivity index (χ3n) is 10.9. The number of benzene rings is 8. The van der Waals surface area contributed by atoms with Gasteiger partial charge < -0.3 is 0 Å². The van der Waals surface area contributed by atoms with Crippen molar-refractivity contribution in [1.29, 1.82) is 0 Å². The minimum atomic E-state index is 0.693. The van der Waals surface area contributed by atoms with Crippen molar-refractivity contribution in [1.82, 2.24) is 15.0 Å². The Morgan fingerprint density at radius 3 is 1.63 bits per heavy atom. The Labute approximate surface area is 334 Å². The van der Waals surface area contributed by atoms with Gasteiger partial charge in [-0.25, -0.2) is 15.0 Å². The van der Waals surface area contributed by atoms with Gasteiger partial charge in [0.1, 0.15) is 0 Å². The Balaban J connectivity index is 1.16. The molecule has 0 N–H and O–H groups in total. The standard InChI is InChI=1S/C53H33N3S/c1-4-15-34(16-5-1)37-21-12-23-39(31-37)46-33-47(56-53(55-46)40-24-13-22-38(32-40)35-17-6-2-7-18-35)42-26-14-27-44-50-48(57-52(42)44)30-29-43-49(50)41-25-10-11-28-45(41)54-51(43)36-19-8-3-9-20-36/h1-33H. The predicted octanol–water partition coefficient (Wildman–Crippen LogP) is 14.5. The minimum Gasteiger partial charge on any atom is -0.247 e. The summed E-state index contributed by atoms with van der Waals surface area (Å²) < 4.78 is 2.44. The second-order valence-corrected chi connectivity index (χ2v) is 15.4. The lowest BCUT2D eigenvalue weighted by Crippen LogP contribution is -1.96. The maximum absolute atomic E-state index is 5.39. The lowest BCUT2D eigenvalue weighted by atomic mass is 9.95. The molecule has 0 spiro atoms. The summed E-state index contributed by atoms with van der Waals surface area (Å²) in [5.74, 6) is 0.693. The van der Waals surface area contributed by atoms with Crippen LogP contribution in [0.4, 0.5) is 0 Å². The molecule has 0 aliphatic carbocycles. The molecule has 3 heterocycles. The lowest BCUT2D eigenvalue weighted by molar-refractivity contribution is 1.19. The van der Waals surface area contributed by atoms with E-state index < -0.39 is 0 Å². The highest BCUT2D eigenvalue weighted by Gasteiger charge is 2.20. The fraction of sp³-hybridized carbons (Fsp3) is 0. The minimum absolute atomic E-state index is 0.693. The van der Waals surface area contributed by atoms with E-state index in [9.17, 15) is 0 Å². The Kier molecular flexibility index (Phi) is 8.01. The van der Waals surface area contributed by atoms with E-state index in [1.807, 2.05) is 11.3 Å². The van der Waals surface area contributed by atoms with Gasteiger partial charge in [0.05, 0.1) is 22.6 Å². The van der Waals surface area contributed by atoms with Gasteiger partial charge in [0.2, 0.25) is 0 Å². The Hall–Kier alpha value is -7.27. The number of hydrogen-bond donors (Lipinski definition) is 0. The van der Waals surface area contributed by atoms with Crippen LogP contribution in [0.1, 0.15) is 0 Å². The number of fused-ring (bicyclic) bond motifs is 7. The van der Waals surface area contributed by atoms with E-state index in [1.165, 1.54) is 31.1 Å².